The number of fused-ring (bicyclic) bond motifs is 1. The number of aromatic nitrogens is 3. The fourth-order valence-corrected chi connectivity index (χ4v) is 1.79. The Morgan fingerprint density at radius 1 is 1.50 bits per heavy atom. The van der Waals surface area contributed by atoms with Gasteiger partial charge in [-0.25, -0.2) is 9.97 Å². The minimum Gasteiger partial charge on any atom is -0.330 e. The molecule has 2 aromatic rings. The molecule has 2 rings (SSSR count). The van der Waals surface area contributed by atoms with Crippen LogP contribution in [0.2, 0.25) is 0 Å². The fourth-order valence-electron chi connectivity index (χ4n) is 1.79. The van der Waals surface area contributed by atoms with Crippen LogP contribution in [-0.4, -0.2) is 21.1 Å². The molecule has 0 aliphatic rings. The largest absolute Gasteiger partial charge is 0.330 e. The second kappa shape index (κ2) is 4.61. The third kappa shape index (κ3) is 2.07. The monoisotopic (exact) mass is 218 g/mol. The topological polar surface area (TPSA) is 56.7 Å². The summed E-state index contributed by atoms with van der Waals surface area (Å²) in [4.78, 5) is 8.90. The molecular weight excluding hydrogens is 200 g/mol. The average molecular weight is 218 g/mol. The first-order valence-electron chi connectivity index (χ1n) is 5.68. The summed E-state index contributed by atoms with van der Waals surface area (Å²) in [5.74, 6) is 1.64. The van der Waals surface area contributed by atoms with Crippen LogP contribution in [0.1, 0.15) is 19.2 Å². The van der Waals surface area contributed by atoms with Gasteiger partial charge in [-0.2, -0.15) is 0 Å². The van der Waals surface area contributed by atoms with Crippen LogP contribution in [0.15, 0.2) is 18.3 Å². The quantitative estimate of drug-likeness (QED) is 0.846. The molecule has 1 atom stereocenters. The van der Waals surface area contributed by atoms with Crippen molar-refractivity contribution in [3.63, 3.8) is 0 Å². The molecule has 16 heavy (non-hydrogen) atoms. The van der Waals surface area contributed by atoms with E-state index in [9.17, 15) is 0 Å². The van der Waals surface area contributed by atoms with Crippen molar-refractivity contribution >= 4 is 11.2 Å². The molecule has 2 N–H and O–H groups in total. The maximum atomic E-state index is 5.61. The first-order valence-corrected chi connectivity index (χ1v) is 5.68. The van der Waals surface area contributed by atoms with Crippen molar-refractivity contribution in [2.75, 3.05) is 6.54 Å². The van der Waals surface area contributed by atoms with E-state index < -0.39 is 0 Å². The highest BCUT2D eigenvalue weighted by Crippen LogP contribution is 2.14. The Hall–Kier alpha value is -1.42. The molecule has 0 amide bonds. The molecule has 0 aliphatic heterocycles. The third-order valence-electron chi connectivity index (χ3n) is 2.98. The molecule has 0 aromatic carbocycles. The van der Waals surface area contributed by atoms with Gasteiger partial charge in [-0.1, -0.05) is 6.92 Å². The van der Waals surface area contributed by atoms with Crippen LogP contribution in [0, 0.1) is 5.92 Å². The maximum absolute atomic E-state index is 5.61. The van der Waals surface area contributed by atoms with E-state index in [0.717, 1.165) is 36.4 Å². The zero-order valence-electron chi connectivity index (χ0n) is 9.85. The average Bonchev–Trinajstić information content (AvgIpc) is 2.64. The number of hydrogen-bond acceptors (Lipinski definition) is 3. The van der Waals surface area contributed by atoms with Gasteiger partial charge in [0.2, 0.25) is 0 Å². The van der Waals surface area contributed by atoms with Crippen molar-refractivity contribution < 1.29 is 0 Å². The van der Waals surface area contributed by atoms with Crippen molar-refractivity contribution in [3.8, 4) is 0 Å². The molecular formula is C12H18N4. The number of hydrogen-bond donors (Lipinski definition) is 1. The van der Waals surface area contributed by atoms with Gasteiger partial charge in [0.25, 0.3) is 0 Å². The van der Waals surface area contributed by atoms with Gasteiger partial charge in [0, 0.05) is 19.7 Å². The molecule has 0 saturated carbocycles. The molecule has 0 fully saturated rings. The second-order valence-electron chi connectivity index (χ2n) is 4.31. The van der Waals surface area contributed by atoms with Crippen LogP contribution in [0.3, 0.4) is 0 Å². The SMILES string of the molecule is CC(CN)CCc1nc2cccnc2n1C. The lowest BCUT2D eigenvalue weighted by molar-refractivity contribution is 0.531. The van der Waals surface area contributed by atoms with Crippen LogP contribution >= 0.6 is 0 Å². The Kier molecular flexibility index (Phi) is 3.19. The Bertz CT molecular complexity index is 475. The van der Waals surface area contributed by atoms with E-state index in [1.165, 1.54) is 0 Å². The van der Waals surface area contributed by atoms with Gasteiger partial charge in [-0.15, -0.1) is 0 Å². The van der Waals surface area contributed by atoms with Gasteiger partial charge < -0.3 is 10.3 Å². The molecule has 2 aromatic heterocycles. The highest BCUT2D eigenvalue weighted by molar-refractivity contribution is 5.70. The number of nitrogens with zero attached hydrogens (tertiary/aromatic N) is 3. The van der Waals surface area contributed by atoms with Gasteiger partial charge in [0.15, 0.2) is 5.65 Å². The standard InChI is InChI=1S/C12H18N4/c1-9(8-13)5-6-11-15-10-4-3-7-14-12(10)16(11)2/h3-4,7,9H,5-6,8,13H2,1-2H3. The molecule has 0 spiro atoms. The molecule has 4 nitrogen and oxygen atoms in total. The lowest BCUT2D eigenvalue weighted by Gasteiger charge is -2.07. The van der Waals surface area contributed by atoms with E-state index in [2.05, 4.69) is 21.5 Å². The summed E-state index contributed by atoms with van der Waals surface area (Å²) in [6.07, 6.45) is 3.84. The smallest absolute Gasteiger partial charge is 0.159 e. The lowest BCUT2D eigenvalue weighted by Crippen LogP contribution is -2.12. The van der Waals surface area contributed by atoms with E-state index in [4.69, 9.17) is 5.73 Å². The summed E-state index contributed by atoms with van der Waals surface area (Å²) >= 11 is 0. The predicted octanol–water partition coefficient (Wildman–Crippen LogP) is 1.50. The molecule has 86 valence electrons. The van der Waals surface area contributed by atoms with Crippen molar-refractivity contribution in [2.45, 2.75) is 19.8 Å². The van der Waals surface area contributed by atoms with Crippen LogP contribution in [0.25, 0.3) is 11.2 Å². The fraction of sp³-hybridized carbons (Fsp3) is 0.500. The minimum absolute atomic E-state index is 0.549. The zero-order valence-corrected chi connectivity index (χ0v) is 9.85. The molecule has 0 bridgehead atoms. The summed E-state index contributed by atoms with van der Waals surface area (Å²) in [5, 5.41) is 0. The number of nitrogens with two attached hydrogens (primary N) is 1. The van der Waals surface area contributed by atoms with Gasteiger partial charge in [0.05, 0.1) is 0 Å². The van der Waals surface area contributed by atoms with Gasteiger partial charge in [-0.3, -0.25) is 0 Å². The zero-order chi connectivity index (χ0) is 11.5. The van der Waals surface area contributed by atoms with E-state index in [1.807, 2.05) is 19.2 Å². The van der Waals surface area contributed by atoms with Crippen LogP contribution in [0.4, 0.5) is 0 Å². The number of aryl methyl sites for hydroxylation is 2. The molecule has 2 heterocycles. The van der Waals surface area contributed by atoms with Crippen LogP contribution in [-0.2, 0) is 13.5 Å². The Balaban J connectivity index is 2.21. The van der Waals surface area contributed by atoms with Gasteiger partial charge in [0.1, 0.15) is 11.3 Å². The number of pyridine rings is 1. The van der Waals surface area contributed by atoms with Crippen molar-refractivity contribution in [1.29, 1.82) is 0 Å². The highest BCUT2D eigenvalue weighted by Gasteiger charge is 2.09. The van der Waals surface area contributed by atoms with E-state index in [1.54, 1.807) is 6.20 Å². The van der Waals surface area contributed by atoms with E-state index in [-0.39, 0.29) is 0 Å². The first kappa shape index (κ1) is 11.1. The van der Waals surface area contributed by atoms with E-state index >= 15 is 0 Å². The third-order valence-corrected chi connectivity index (χ3v) is 2.98. The Morgan fingerprint density at radius 2 is 2.31 bits per heavy atom. The molecule has 1 unspecified atom stereocenters. The molecule has 4 heteroatoms. The first-order chi connectivity index (χ1) is 7.72. The minimum atomic E-state index is 0.549. The van der Waals surface area contributed by atoms with Crippen LogP contribution < -0.4 is 5.73 Å². The normalized spacial score (nSPS) is 13.2. The number of rotatable bonds is 4. The molecule has 0 saturated heterocycles. The number of imidazole rings is 1. The Morgan fingerprint density at radius 3 is 3.00 bits per heavy atom. The lowest BCUT2D eigenvalue weighted by atomic mass is 10.1. The van der Waals surface area contributed by atoms with Crippen molar-refractivity contribution in [3.05, 3.63) is 24.2 Å². The summed E-state index contributed by atoms with van der Waals surface area (Å²) in [5.41, 5.74) is 7.54. The predicted molar refractivity (Wildman–Crippen MR) is 65.0 cm³/mol. The van der Waals surface area contributed by atoms with Gasteiger partial charge in [-0.05, 0) is 31.0 Å². The second-order valence-corrected chi connectivity index (χ2v) is 4.31. The molecule has 0 aliphatic carbocycles. The summed E-state index contributed by atoms with van der Waals surface area (Å²) in [6.45, 7) is 2.91. The van der Waals surface area contributed by atoms with Crippen molar-refractivity contribution in [2.24, 2.45) is 18.7 Å². The summed E-state index contributed by atoms with van der Waals surface area (Å²) < 4.78 is 2.07. The maximum Gasteiger partial charge on any atom is 0.159 e. The summed E-state index contributed by atoms with van der Waals surface area (Å²) in [7, 11) is 2.02. The Labute approximate surface area is 95.5 Å². The van der Waals surface area contributed by atoms with Crippen LogP contribution in [0.5, 0.6) is 0 Å². The van der Waals surface area contributed by atoms with Gasteiger partial charge >= 0.3 is 0 Å². The van der Waals surface area contributed by atoms with E-state index in [0.29, 0.717) is 5.92 Å². The highest BCUT2D eigenvalue weighted by atomic mass is 15.1. The van der Waals surface area contributed by atoms with Crippen molar-refractivity contribution in [1.82, 2.24) is 14.5 Å². The molecule has 0 radical (unpaired) electrons. The summed E-state index contributed by atoms with van der Waals surface area (Å²) in [6, 6.07) is 3.92.